The van der Waals surface area contributed by atoms with E-state index in [1.807, 2.05) is 0 Å². The summed E-state index contributed by atoms with van der Waals surface area (Å²) in [7, 11) is 0. The first kappa shape index (κ1) is 13.2. The summed E-state index contributed by atoms with van der Waals surface area (Å²) in [5.74, 6) is -0.960. The summed E-state index contributed by atoms with van der Waals surface area (Å²) in [5, 5.41) is 26.1. The summed E-state index contributed by atoms with van der Waals surface area (Å²) in [4.78, 5) is 14.0. The van der Waals surface area contributed by atoms with Crippen molar-refractivity contribution in [2.45, 2.75) is 6.92 Å². The average Bonchev–Trinajstić information content (AvgIpc) is 2.29. The smallest absolute Gasteiger partial charge is 0.341 e. The van der Waals surface area contributed by atoms with E-state index >= 15 is 0 Å². The zero-order valence-corrected chi connectivity index (χ0v) is 8.39. The molecular weight excluding hydrogens is 210 g/mol. The standard InChI is InChI=1S/C10H7N3O3/c1-3-16-10(15)8(6-14)7(4-11)9(5-12)13-2/h6,14H,3H2,1H3/b8-6-,9-7-. The van der Waals surface area contributed by atoms with E-state index in [0.29, 0.717) is 6.26 Å². The Morgan fingerprint density at radius 1 is 1.56 bits per heavy atom. The molecule has 0 bridgehead atoms. The van der Waals surface area contributed by atoms with Crippen LogP contribution in [0, 0.1) is 29.2 Å². The Labute approximate surface area is 92.1 Å². The van der Waals surface area contributed by atoms with E-state index < -0.39 is 22.8 Å². The molecule has 0 rings (SSSR count). The molecule has 0 aliphatic heterocycles. The van der Waals surface area contributed by atoms with E-state index in [1.165, 1.54) is 12.1 Å². The number of carbonyl (C=O) groups excluding carboxylic acids is 1. The number of aliphatic hydroxyl groups is 1. The molecule has 0 radical (unpaired) electrons. The van der Waals surface area contributed by atoms with Crippen molar-refractivity contribution in [3.63, 3.8) is 0 Å². The molecular formula is C10H7N3O3. The summed E-state index contributed by atoms with van der Waals surface area (Å²) in [6, 6.07) is 2.97. The monoisotopic (exact) mass is 217 g/mol. The van der Waals surface area contributed by atoms with E-state index in [-0.39, 0.29) is 6.61 Å². The second kappa shape index (κ2) is 6.64. The number of aliphatic hydroxyl groups excluding tert-OH is 1. The zero-order valence-electron chi connectivity index (χ0n) is 8.39. The predicted molar refractivity (Wildman–Crippen MR) is 52.2 cm³/mol. The molecule has 0 aromatic heterocycles. The predicted octanol–water partition coefficient (Wildman–Crippen LogP) is 1.21. The molecule has 0 aromatic carbocycles. The van der Waals surface area contributed by atoms with Crippen LogP contribution in [0.3, 0.4) is 0 Å². The van der Waals surface area contributed by atoms with E-state index in [2.05, 4.69) is 9.58 Å². The minimum atomic E-state index is -0.960. The molecule has 0 aliphatic carbocycles. The van der Waals surface area contributed by atoms with E-state index in [0.717, 1.165) is 0 Å². The molecule has 6 nitrogen and oxygen atoms in total. The van der Waals surface area contributed by atoms with E-state index in [1.54, 1.807) is 6.92 Å². The number of allylic oxidation sites excluding steroid dienone is 1. The van der Waals surface area contributed by atoms with Gasteiger partial charge in [-0.25, -0.2) is 14.9 Å². The molecule has 0 spiro atoms. The van der Waals surface area contributed by atoms with E-state index in [9.17, 15) is 4.79 Å². The van der Waals surface area contributed by atoms with Crippen LogP contribution in [0.25, 0.3) is 4.85 Å². The highest BCUT2D eigenvalue weighted by Crippen LogP contribution is 2.16. The summed E-state index contributed by atoms with van der Waals surface area (Å²) in [6.45, 7) is 8.23. The van der Waals surface area contributed by atoms with Gasteiger partial charge >= 0.3 is 5.97 Å². The molecule has 0 saturated heterocycles. The van der Waals surface area contributed by atoms with Crippen molar-refractivity contribution in [3.05, 3.63) is 34.5 Å². The molecule has 0 fully saturated rings. The quantitative estimate of drug-likeness (QED) is 0.191. The largest absolute Gasteiger partial charge is 0.515 e. The fourth-order valence-corrected chi connectivity index (χ4v) is 0.806. The zero-order chi connectivity index (χ0) is 12.6. The third-order valence-electron chi connectivity index (χ3n) is 1.46. The molecule has 0 atom stereocenters. The Morgan fingerprint density at radius 2 is 2.19 bits per heavy atom. The lowest BCUT2D eigenvalue weighted by atomic mass is 10.1. The van der Waals surface area contributed by atoms with Crippen LogP contribution in [-0.2, 0) is 9.53 Å². The Balaban J connectivity index is 5.54. The van der Waals surface area contributed by atoms with Gasteiger partial charge < -0.3 is 9.84 Å². The molecule has 80 valence electrons. The highest BCUT2D eigenvalue weighted by Gasteiger charge is 2.20. The summed E-state index contributed by atoms with van der Waals surface area (Å²) in [5.41, 5.74) is -1.58. The number of hydrogen-bond donors (Lipinski definition) is 1. The molecule has 0 aliphatic rings. The van der Waals surface area contributed by atoms with Gasteiger partial charge in [0.15, 0.2) is 0 Å². The highest BCUT2D eigenvalue weighted by atomic mass is 16.5. The Morgan fingerprint density at radius 3 is 2.50 bits per heavy atom. The summed E-state index contributed by atoms with van der Waals surface area (Å²) < 4.78 is 4.55. The average molecular weight is 217 g/mol. The molecule has 0 saturated carbocycles. The van der Waals surface area contributed by atoms with Crippen LogP contribution in [0.5, 0.6) is 0 Å². The van der Waals surface area contributed by atoms with Gasteiger partial charge in [0.1, 0.15) is 5.57 Å². The Hall–Kier alpha value is -2.78. The van der Waals surface area contributed by atoms with Crippen LogP contribution in [0.2, 0.25) is 0 Å². The number of nitriles is 2. The molecule has 0 amide bonds. The van der Waals surface area contributed by atoms with Gasteiger partial charge in [0.05, 0.1) is 37.2 Å². The maximum absolute atomic E-state index is 11.3. The van der Waals surface area contributed by atoms with Gasteiger partial charge in [0.2, 0.25) is 0 Å². The lowest BCUT2D eigenvalue weighted by Crippen LogP contribution is -2.10. The van der Waals surface area contributed by atoms with Crippen LogP contribution in [0.1, 0.15) is 6.92 Å². The minimum absolute atomic E-state index is 0.0504. The molecule has 1 N–H and O–H groups in total. The fraction of sp³-hybridized carbons (Fsp3) is 0.200. The first-order valence-electron chi connectivity index (χ1n) is 4.10. The third kappa shape index (κ3) is 2.87. The summed E-state index contributed by atoms with van der Waals surface area (Å²) >= 11 is 0. The van der Waals surface area contributed by atoms with Gasteiger partial charge in [-0.15, -0.1) is 0 Å². The van der Waals surface area contributed by atoms with Crippen LogP contribution in [-0.4, -0.2) is 17.7 Å². The summed E-state index contributed by atoms with van der Waals surface area (Å²) in [6.07, 6.45) is 0.346. The van der Waals surface area contributed by atoms with Gasteiger partial charge in [-0.3, -0.25) is 0 Å². The van der Waals surface area contributed by atoms with Crippen molar-refractivity contribution in [2.75, 3.05) is 6.61 Å². The lowest BCUT2D eigenvalue weighted by molar-refractivity contribution is -0.138. The van der Waals surface area contributed by atoms with E-state index in [4.69, 9.17) is 22.2 Å². The van der Waals surface area contributed by atoms with Gasteiger partial charge in [0, 0.05) is 0 Å². The van der Waals surface area contributed by atoms with Gasteiger partial charge in [-0.1, -0.05) is 0 Å². The fourth-order valence-electron chi connectivity index (χ4n) is 0.806. The van der Waals surface area contributed by atoms with Crippen molar-refractivity contribution < 1.29 is 14.6 Å². The lowest BCUT2D eigenvalue weighted by Gasteiger charge is -2.03. The first-order chi connectivity index (χ1) is 7.65. The highest BCUT2D eigenvalue weighted by molar-refractivity contribution is 5.95. The maximum Gasteiger partial charge on any atom is 0.341 e. The molecule has 0 aromatic rings. The SMILES string of the molecule is [C-]#[N+]/C(C#N)=C(C#N)\C(=C\O)C(=O)OCC. The third-order valence-corrected chi connectivity index (χ3v) is 1.46. The van der Waals surface area contributed by atoms with Crippen molar-refractivity contribution in [1.29, 1.82) is 10.5 Å². The molecule has 6 heteroatoms. The topological polar surface area (TPSA) is 98.5 Å². The second-order valence-corrected chi connectivity index (χ2v) is 2.32. The van der Waals surface area contributed by atoms with Crippen LogP contribution in [0.4, 0.5) is 0 Å². The Bertz CT molecular complexity index is 453. The van der Waals surface area contributed by atoms with Crippen LogP contribution in [0.15, 0.2) is 23.1 Å². The van der Waals surface area contributed by atoms with Crippen LogP contribution < -0.4 is 0 Å². The van der Waals surface area contributed by atoms with Crippen molar-refractivity contribution in [3.8, 4) is 12.1 Å². The molecule has 0 unspecified atom stereocenters. The normalized spacial score (nSPS) is 11.5. The Kier molecular flexibility index (Phi) is 5.49. The van der Waals surface area contributed by atoms with Crippen molar-refractivity contribution >= 4 is 5.97 Å². The van der Waals surface area contributed by atoms with Gasteiger partial charge in [-0.05, 0) is 6.92 Å². The number of rotatable bonds is 3. The number of carbonyl (C=O) groups is 1. The van der Waals surface area contributed by atoms with Crippen LogP contribution >= 0.6 is 0 Å². The second-order valence-electron chi connectivity index (χ2n) is 2.32. The number of ether oxygens (including phenoxy) is 1. The van der Waals surface area contributed by atoms with Gasteiger partial charge in [0.25, 0.3) is 5.70 Å². The maximum atomic E-state index is 11.3. The number of esters is 1. The molecule has 16 heavy (non-hydrogen) atoms. The van der Waals surface area contributed by atoms with Crippen molar-refractivity contribution in [1.82, 2.24) is 0 Å². The first-order valence-corrected chi connectivity index (χ1v) is 4.10. The van der Waals surface area contributed by atoms with Crippen molar-refractivity contribution in [2.24, 2.45) is 0 Å². The molecule has 0 heterocycles. The minimum Gasteiger partial charge on any atom is -0.515 e. The number of nitrogens with zero attached hydrogens (tertiary/aromatic N) is 3. The number of hydrogen-bond acceptors (Lipinski definition) is 5. The van der Waals surface area contributed by atoms with Gasteiger partial charge in [-0.2, -0.15) is 5.26 Å².